The summed E-state index contributed by atoms with van der Waals surface area (Å²) in [5, 5.41) is 4.43. The minimum atomic E-state index is -1.20. The number of pyridine rings is 1. The normalized spacial score (nSPS) is 17.7. The number of aryl methyl sites for hydroxylation is 1. The van der Waals surface area contributed by atoms with Crippen molar-refractivity contribution >= 4 is 24.0 Å². The molecular formula is C32H36NSi+. The molecule has 0 spiro atoms. The molecule has 1 aliphatic carbocycles. The molecule has 0 atom stereocenters. The van der Waals surface area contributed by atoms with Crippen LogP contribution in [-0.2, 0) is 7.05 Å². The van der Waals surface area contributed by atoms with Gasteiger partial charge >= 0.3 is 0 Å². The van der Waals surface area contributed by atoms with Crippen molar-refractivity contribution in [2.45, 2.75) is 63.6 Å². The maximum Gasteiger partial charge on any atom is 0.220 e. The van der Waals surface area contributed by atoms with E-state index in [4.69, 9.17) is 0 Å². The molecule has 2 aliphatic rings. The Morgan fingerprint density at radius 1 is 0.824 bits per heavy atom. The number of hydrogen-bond acceptors (Lipinski definition) is 0. The van der Waals surface area contributed by atoms with E-state index in [1.54, 1.807) is 10.8 Å². The molecule has 172 valence electrons. The van der Waals surface area contributed by atoms with E-state index in [9.17, 15) is 0 Å². The Bertz CT molecular complexity index is 1360. The SMILES string of the molecule is Cc1c(-c2c3ccc([Si]4(C)CCC4)cc3cc[n+]2C)cc(-c2ccccc2)cc1C1CCCC1. The quantitative estimate of drug-likeness (QED) is 0.216. The minimum Gasteiger partial charge on any atom is -0.200 e. The summed E-state index contributed by atoms with van der Waals surface area (Å²) in [4.78, 5) is 0. The smallest absolute Gasteiger partial charge is 0.200 e. The predicted molar refractivity (Wildman–Crippen MR) is 147 cm³/mol. The van der Waals surface area contributed by atoms with Gasteiger partial charge in [0.2, 0.25) is 5.69 Å². The molecule has 0 amide bonds. The zero-order chi connectivity index (χ0) is 23.3. The molecule has 34 heavy (non-hydrogen) atoms. The van der Waals surface area contributed by atoms with Gasteiger partial charge in [0.25, 0.3) is 0 Å². The van der Waals surface area contributed by atoms with Crippen molar-refractivity contribution in [1.82, 2.24) is 0 Å². The van der Waals surface area contributed by atoms with Crippen LogP contribution in [-0.4, -0.2) is 8.07 Å². The zero-order valence-electron chi connectivity index (χ0n) is 20.9. The van der Waals surface area contributed by atoms with Crippen LogP contribution in [0.3, 0.4) is 0 Å². The first-order chi connectivity index (χ1) is 16.5. The lowest BCUT2D eigenvalue weighted by Crippen LogP contribution is -2.50. The van der Waals surface area contributed by atoms with E-state index in [1.165, 1.54) is 82.9 Å². The van der Waals surface area contributed by atoms with Crippen LogP contribution in [0.1, 0.15) is 49.1 Å². The maximum absolute atomic E-state index is 2.57. The molecule has 1 nitrogen and oxygen atoms in total. The molecule has 0 radical (unpaired) electrons. The van der Waals surface area contributed by atoms with E-state index >= 15 is 0 Å². The lowest BCUT2D eigenvalue weighted by Gasteiger charge is -2.36. The average molecular weight is 463 g/mol. The van der Waals surface area contributed by atoms with Gasteiger partial charge in [-0.05, 0) is 65.5 Å². The summed E-state index contributed by atoms with van der Waals surface area (Å²) in [5.74, 6) is 0.693. The Hall–Kier alpha value is -2.71. The van der Waals surface area contributed by atoms with Gasteiger partial charge in [-0.25, -0.2) is 4.57 Å². The Morgan fingerprint density at radius 2 is 1.59 bits per heavy atom. The highest BCUT2D eigenvalue weighted by Gasteiger charge is 2.36. The third-order valence-electron chi connectivity index (χ3n) is 8.90. The Balaban J connectivity index is 1.58. The van der Waals surface area contributed by atoms with Gasteiger partial charge in [0.05, 0.1) is 19.0 Å². The van der Waals surface area contributed by atoms with Crippen LogP contribution in [0, 0.1) is 6.92 Å². The van der Waals surface area contributed by atoms with Crippen LogP contribution in [0.5, 0.6) is 0 Å². The lowest BCUT2D eigenvalue weighted by molar-refractivity contribution is -0.659. The van der Waals surface area contributed by atoms with Gasteiger partial charge in [-0.3, -0.25) is 0 Å². The largest absolute Gasteiger partial charge is 0.220 e. The fourth-order valence-corrected chi connectivity index (χ4v) is 9.50. The number of hydrogen-bond donors (Lipinski definition) is 0. The molecule has 0 bridgehead atoms. The van der Waals surface area contributed by atoms with Gasteiger partial charge in [0, 0.05) is 6.07 Å². The molecule has 1 saturated carbocycles. The summed E-state index contributed by atoms with van der Waals surface area (Å²) in [6, 6.07) is 28.6. The molecule has 1 aliphatic heterocycles. The highest BCUT2D eigenvalue weighted by Crippen LogP contribution is 2.42. The molecule has 4 aromatic rings. The van der Waals surface area contributed by atoms with E-state index in [1.807, 2.05) is 0 Å². The molecular weight excluding hydrogens is 426 g/mol. The summed E-state index contributed by atoms with van der Waals surface area (Å²) >= 11 is 0. The van der Waals surface area contributed by atoms with Gasteiger partial charge in [0.15, 0.2) is 6.20 Å². The number of nitrogens with zero attached hydrogens (tertiary/aromatic N) is 1. The second kappa shape index (κ2) is 8.50. The summed E-state index contributed by atoms with van der Waals surface area (Å²) in [6.07, 6.45) is 9.08. The number of fused-ring (bicyclic) bond motifs is 1. The van der Waals surface area contributed by atoms with Crippen molar-refractivity contribution in [2.75, 3.05) is 0 Å². The summed E-state index contributed by atoms with van der Waals surface area (Å²) in [6.45, 7) is 4.94. The van der Waals surface area contributed by atoms with Gasteiger partial charge < -0.3 is 0 Å². The van der Waals surface area contributed by atoms with Crippen LogP contribution in [0.2, 0.25) is 18.6 Å². The summed E-state index contributed by atoms with van der Waals surface area (Å²) in [5.41, 5.74) is 8.47. The Labute approximate surface area is 205 Å². The topological polar surface area (TPSA) is 3.88 Å². The predicted octanol–water partition coefficient (Wildman–Crippen LogP) is 7.65. The van der Waals surface area contributed by atoms with E-state index in [-0.39, 0.29) is 0 Å². The van der Waals surface area contributed by atoms with Crippen molar-refractivity contribution in [3.05, 3.63) is 84.1 Å². The van der Waals surface area contributed by atoms with E-state index in [0.29, 0.717) is 5.92 Å². The third kappa shape index (κ3) is 3.64. The molecule has 3 aromatic carbocycles. The zero-order valence-corrected chi connectivity index (χ0v) is 21.9. The highest BCUT2D eigenvalue weighted by molar-refractivity contribution is 6.93. The minimum absolute atomic E-state index is 0.693. The standard InChI is InChI=1S/C32H36NSi/c1-23-30(25-12-7-8-13-25)21-27(24-10-5-4-6-11-24)22-31(23)32-29-15-14-28(34(3)18-9-19-34)20-26(29)16-17-33(32)2/h4-6,10-11,14-17,20-22,25H,7-9,12-13,18-19H2,1-3H3/q+1. The Kier molecular flexibility index (Phi) is 5.45. The van der Waals surface area contributed by atoms with E-state index < -0.39 is 8.07 Å². The molecule has 0 N–H and O–H groups in total. The number of aromatic nitrogens is 1. The van der Waals surface area contributed by atoms with Crippen molar-refractivity contribution in [3.8, 4) is 22.4 Å². The molecule has 2 heteroatoms. The van der Waals surface area contributed by atoms with Crippen LogP contribution < -0.4 is 9.75 Å². The third-order valence-corrected chi connectivity index (χ3v) is 13.5. The van der Waals surface area contributed by atoms with Crippen LogP contribution >= 0.6 is 0 Å². The van der Waals surface area contributed by atoms with Gasteiger partial charge in [-0.2, -0.15) is 0 Å². The second-order valence-electron chi connectivity index (χ2n) is 11.1. The van der Waals surface area contributed by atoms with Gasteiger partial charge in [-0.15, -0.1) is 0 Å². The maximum atomic E-state index is 2.57. The van der Waals surface area contributed by atoms with E-state index in [0.717, 1.165) is 0 Å². The first-order valence-electron chi connectivity index (χ1n) is 13.2. The first kappa shape index (κ1) is 21.8. The number of benzene rings is 3. The number of rotatable bonds is 4. The molecule has 2 heterocycles. The van der Waals surface area contributed by atoms with Crippen LogP contribution in [0.15, 0.2) is 72.9 Å². The van der Waals surface area contributed by atoms with Crippen molar-refractivity contribution < 1.29 is 4.57 Å². The van der Waals surface area contributed by atoms with Crippen molar-refractivity contribution in [1.29, 1.82) is 0 Å². The average Bonchev–Trinajstić information content (AvgIpc) is 3.38. The molecule has 6 rings (SSSR count). The van der Waals surface area contributed by atoms with Gasteiger partial charge in [-0.1, -0.05) is 91.6 Å². The second-order valence-corrected chi connectivity index (χ2v) is 15.8. The molecule has 1 saturated heterocycles. The molecule has 1 aromatic heterocycles. The van der Waals surface area contributed by atoms with E-state index in [2.05, 4.69) is 98.0 Å². The summed E-state index contributed by atoms with van der Waals surface area (Å²) < 4.78 is 2.35. The van der Waals surface area contributed by atoms with Crippen molar-refractivity contribution in [2.24, 2.45) is 7.05 Å². The highest BCUT2D eigenvalue weighted by atomic mass is 28.3. The summed E-state index contributed by atoms with van der Waals surface area (Å²) in [7, 11) is 1.02. The molecule has 2 fully saturated rings. The van der Waals surface area contributed by atoms with Gasteiger partial charge in [0.1, 0.15) is 7.05 Å². The van der Waals surface area contributed by atoms with Crippen LogP contribution in [0.4, 0.5) is 0 Å². The monoisotopic (exact) mass is 462 g/mol. The Morgan fingerprint density at radius 3 is 2.29 bits per heavy atom. The van der Waals surface area contributed by atoms with Crippen LogP contribution in [0.25, 0.3) is 33.2 Å². The fourth-order valence-electron chi connectivity index (χ4n) is 6.52. The lowest BCUT2D eigenvalue weighted by atomic mass is 9.85. The molecule has 0 unspecified atom stereocenters. The van der Waals surface area contributed by atoms with Crippen molar-refractivity contribution in [3.63, 3.8) is 0 Å². The fraction of sp³-hybridized carbons (Fsp3) is 0.344. The first-order valence-corrected chi connectivity index (χ1v) is 16.1.